The molecule has 0 bridgehead atoms. The zero-order valence-electron chi connectivity index (χ0n) is 10.5. The molecule has 0 aliphatic rings. The Hall–Kier alpha value is -2.64. The van der Waals surface area contributed by atoms with Crippen LogP contribution in [0, 0.1) is 6.92 Å². The highest BCUT2D eigenvalue weighted by molar-refractivity contribution is 5.72. The first-order chi connectivity index (χ1) is 9.15. The van der Waals surface area contributed by atoms with E-state index in [0.29, 0.717) is 16.9 Å². The van der Waals surface area contributed by atoms with Crippen LogP contribution >= 0.6 is 0 Å². The lowest BCUT2D eigenvalue weighted by Gasteiger charge is -2.03. The van der Waals surface area contributed by atoms with Gasteiger partial charge >= 0.3 is 0 Å². The van der Waals surface area contributed by atoms with E-state index in [9.17, 15) is 4.79 Å². The second-order valence-corrected chi connectivity index (χ2v) is 4.20. The minimum atomic E-state index is -0.223. The Morgan fingerprint density at radius 2 is 1.95 bits per heavy atom. The molecule has 0 radical (unpaired) electrons. The van der Waals surface area contributed by atoms with E-state index in [-0.39, 0.29) is 12.1 Å². The molecule has 0 saturated heterocycles. The number of hydrogen-bond acceptors (Lipinski definition) is 6. The van der Waals surface area contributed by atoms with Crippen LogP contribution < -0.4 is 5.56 Å². The highest BCUT2D eigenvalue weighted by Gasteiger charge is 2.09. The van der Waals surface area contributed by atoms with Gasteiger partial charge in [0.15, 0.2) is 5.65 Å². The van der Waals surface area contributed by atoms with Gasteiger partial charge in [-0.3, -0.25) is 4.79 Å². The van der Waals surface area contributed by atoms with Gasteiger partial charge in [0.25, 0.3) is 5.56 Å². The van der Waals surface area contributed by atoms with Gasteiger partial charge in [0.1, 0.15) is 11.2 Å². The van der Waals surface area contributed by atoms with E-state index in [2.05, 4.69) is 25.4 Å². The van der Waals surface area contributed by atoms with Crippen molar-refractivity contribution < 1.29 is 0 Å². The Labute approximate surface area is 107 Å². The first-order valence-corrected chi connectivity index (χ1v) is 5.68. The molecule has 0 spiro atoms. The Bertz CT molecular complexity index is 787. The third-order valence-corrected chi connectivity index (χ3v) is 2.79. The van der Waals surface area contributed by atoms with Gasteiger partial charge in [-0.25, -0.2) is 19.3 Å². The molecule has 0 aliphatic carbocycles. The topological polar surface area (TPSA) is 91.4 Å². The number of aromatic nitrogens is 7. The van der Waals surface area contributed by atoms with E-state index in [1.165, 1.54) is 15.6 Å². The zero-order chi connectivity index (χ0) is 13.4. The molecule has 3 aromatic heterocycles. The van der Waals surface area contributed by atoms with Crippen LogP contribution in [-0.4, -0.2) is 34.7 Å². The van der Waals surface area contributed by atoms with E-state index >= 15 is 0 Å². The van der Waals surface area contributed by atoms with Crippen molar-refractivity contribution in [3.63, 3.8) is 0 Å². The Balaban J connectivity index is 2.04. The summed E-state index contributed by atoms with van der Waals surface area (Å²) < 4.78 is 2.79. The number of hydrogen-bond donors (Lipinski definition) is 0. The van der Waals surface area contributed by atoms with Gasteiger partial charge in [-0.15, -0.1) is 5.10 Å². The van der Waals surface area contributed by atoms with Crippen LogP contribution in [0.25, 0.3) is 11.0 Å². The fourth-order valence-electron chi connectivity index (χ4n) is 1.75. The maximum absolute atomic E-state index is 12.2. The lowest BCUT2D eigenvalue weighted by Crippen LogP contribution is -2.24. The lowest BCUT2D eigenvalue weighted by molar-refractivity contribution is 0.592. The molecule has 0 saturated carbocycles. The predicted molar refractivity (Wildman–Crippen MR) is 66.4 cm³/mol. The van der Waals surface area contributed by atoms with E-state index in [1.807, 2.05) is 0 Å². The van der Waals surface area contributed by atoms with Crippen LogP contribution in [0.2, 0.25) is 0 Å². The van der Waals surface area contributed by atoms with Gasteiger partial charge in [0.2, 0.25) is 0 Å². The molecule has 0 amide bonds. The van der Waals surface area contributed by atoms with Gasteiger partial charge in [0, 0.05) is 25.0 Å². The van der Waals surface area contributed by atoms with Gasteiger partial charge in [0.05, 0.1) is 12.7 Å². The lowest BCUT2D eigenvalue weighted by atomic mass is 10.3. The predicted octanol–water partition coefficient (Wildman–Crippen LogP) is -0.328. The minimum absolute atomic E-state index is 0.223. The third kappa shape index (κ3) is 1.96. The van der Waals surface area contributed by atoms with Crippen molar-refractivity contribution in [1.29, 1.82) is 0 Å². The zero-order valence-corrected chi connectivity index (χ0v) is 10.5. The molecule has 0 aliphatic heterocycles. The SMILES string of the molecule is Cc1ncc(Cn2nnc3c(cnn3C)c2=O)cn1. The Morgan fingerprint density at radius 3 is 2.68 bits per heavy atom. The Morgan fingerprint density at radius 1 is 1.21 bits per heavy atom. The van der Waals surface area contributed by atoms with Crippen molar-refractivity contribution in [2.24, 2.45) is 7.05 Å². The van der Waals surface area contributed by atoms with Crippen molar-refractivity contribution >= 4 is 11.0 Å². The van der Waals surface area contributed by atoms with Crippen LogP contribution in [-0.2, 0) is 13.6 Å². The summed E-state index contributed by atoms with van der Waals surface area (Å²) in [5, 5.41) is 12.3. The highest BCUT2D eigenvalue weighted by Crippen LogP contribution is 2.03. The van der Waals surface area contributed by atoms with E-state index in [4.69, 9.17) is 0 Å². The molecule has 8 heteroatoms. The van der Waals surface area contributed by atoms with Crippen LogP contribution in [0.5, 0.6) is 0 Å². The van der Waals surface area contributed by atoms with Gasteiger partial charge in [-0.1, -0.05) is 5.21 Å². The summed E-state index contributed by atoms with van der Waals surface area (Å²) in [4.78, 5) is 20.3. The fraction of sp³-hybridized carbons (Fsp3) is 0.273. The standard InChI is InChI=1S/C11H11N7O/c1-7-12-3-8(4-13-7)6-18-11(19)9-5-14-17(2)10(9)15-16-18/h3-5H,6H2,1-2H3. The maximum atomic E-state index is 12.2. The molecule has 3 heterocycles. The molecule has 19 heavy (non-hydrogen) atoms. The van der Waals surface area contributed by atoms with Crippen LogP contribution in [0.1, 0.15) is 11.4 Å². The van der Waals surface area contributed by atoms with Gasteiger partial charge in [-0.2, -0.15) is 5.10 Å². The molecule has 96 valence electrons. The normalized spacial score (nSPS) is 11.1. The van der Waals surface area contributed by atoms with Crippen molar-refractivity contribution in [2.45, 2.75) is 13.5 Å². The molecular weight excluding hydrogens is 246 g/mol. The smallest absolute Gasteiger partial charge is 0.267 e. The maximum Gasteiger partial charge on any atom is 0.281 e. The molecule has 8 nitrogen and oxygen atoms in total. The molecular formula is C11H11N7O. The number of aryl methyl sites for hydroxylation is 2. The average molecular weight is 257 g/mol. The Kier molecular flexibility index (Phi) is 2.55. The summed E-state index contributed by atoms with van der Waals surface area (Å²) in [6.07, 6.45) is 4.84. The summed E-state index contributed by atoms with van der Waals surface area (Å²) >= 11 is 0. The monoisotopic (exact) mass is 257 g/mol. The summed E-state index contributed by atoms with van der Waals surface area (Å²) in [6, 6.07) is 0. The van der Waals surface area contributed by atoms with Crippen molar-refractivity contribution in [1.82, 2.24) is 34.7 Å². The number of nitrogens with zero attached hydrogens (tertiary/aromatic N) is 7. The molecule has 3 aromatic rings. The minimum Gasteiger partial charge on any atom is -0.267 e. The van der Waals surface area contributed by atoms with Crippen LogP contribution in [0.4, 0.5) is 0 Å². The van der Waals surface area contributed by atoms with Crippen LogP contribution in [0.15, 0.2) is 23.4 Å². The number of fused-ring (bicyclic) bond motifs is 1. The first-order valence-electron chi connectivity index (χ1n) is 5.68. The summed E-state index contributed by atoms with van der Waals surface area (Å²) in [5.41, 5.74) is 1.05. The number of rotatable bonds is 2. The van der Waals surface area contributed by atoms with Crippen molar-refractivity contribution in [2.75, 3.05) is 0 Å². The average Bonchev–Trinajstić information content (AvgIpc) is 2.78. The van der Waals surface area contributed by atoms with E-state index < -0.39 is 0 Å². The molecule has 3 rings (SSSR count). The summed E-state index contributed by atoms with van der Waals surface area (Å²) in [6.45, 7) is 2.09. The van der Waals surface area contributed by atoms with Crippen molar-refractivity contribution in [3.8, 4) is 0 Å². The van der Waals surface area contributed by atoms with Crippen molar-refractivity contribution in [3.05, 3.63) is 40.3 Å². The second-order valence-electron chi connectivity index (χ2n) is 4.20. The highest BCUT2D eigenvalue weighted by atomic mass is 16.1. The van der Waals surface area contributed by atoms with Gasteiger partial charge < -0.3 is 0 Å². The molecule has 0 aromatic carbocycles. The quantitative estimate of drug-likeness (QED) is 0.624. The summed E-state index contributed by atoms with van der Waals surface area (Å²) in [5.74, 6) is 0.685. The van der Waals surface area contributed by atoms with E-state index in [1.54, 1.807) is 26.4 Å². The second kappa shape index (κ2) is 4.23. The summed E-state index contributed by atoms with van der Waals surface area (Å²) in [7, 11) is 1.72. The molecule has 0 N–H and O–H groups in total. The van der Waals surface area contributed by atoms with Crippen LogP contribution in [0.3, 0.4) is 0 Å². The molecule has 0 fully saturated rings. The molecule has 0 unspecified atom stereocenters. The largest absolute Gasteiger partial charge is 0.281 e. The third-order valence-electron chi connectivity index (χ3n) is 2.79. The fourth-order valence-corrected chi connectivity index (χ4v) is 1.75. The first kappa shape index (κ1) is 11.5. The van der Waals surface area contributed by atoms with Gasteiger partial charge in [-0.05, 0) is 6.92 Å². The van der Waals surface area contributed by atoms with E-state index in [0.717, 1.165) is 5.56 Å². The molecule has 0 atom stereocenters.